The molecule has 2 heterocycles. The summed E-state index contributed by atoms with van der Waals surface area (Å²) in [6, 6.07) is 14.8. The summed E-state index contributed by atoms with van der Waals surface area (Å²) >= 11 is 6.20. The van der Waals surface area contributed by atoms with Crippen molar-refractivity contribution < 1.29 is 23.8 Å². The second kappa shape index (κ2) is 9.42. The van der Waals surface area contributed by atoms with Crippen LogP contribution in [-0.2, 0) is 16.0 Å². The maximum absolute atomic E-state index is 13.2. The van der Waals surface area contributed by atoms with E-state index in [1.54, 1.807) is 48.7 Å². The fourth-order valence-corrected chi connectivity index (χ4v) is 4.08. The van der Waals surface area contributed by atoms with Gasteiger partial charge in [0.05, 0.1) is 23.4 Å². The number of likely N-dealkylation sites (tertiary alicyclic amines) is 1. The zero-order valence-corrected chi connectivity index (χ0v) is 18.4. The van der Waals surface area contributed by atoms with Crippen LogP contribution in [0, 0.1) is 5.82 Å². The Kier molecular flexibility index (Phi) is 6.42. The molecule has 1 fully saturated rings. The number of benzene rings is 2. The van der Waals surface area contributed by atoms with Crippen molar-refractivity contribution in [3.8, 4) is 5.75 Å². The van der Waals surface area contributed by atoms with Crippen molar-refractivity contribution in [1.29, 1.82) is 0 Å². The van der Waals surface area contributed by atoms with Crippen molar-refractivity contribution in [3.63, 3.8) is 0 Å². The standard InChI is InChI=1S/C25H20ClFN2O4/c1-33-20-10-7-16(14-18(20)26)23(30)21-22(19-4-2-3-12-28-19)29(25(32)24(21)31)13-11-15-5-8-17(27)9-6-15/h2-10,12,14,22,30H,11,13H2,1H3/b23-21-. The number of nitrogens with zero attached hydrogens (tertiary/aromatic N) is 2. The molecule has 0 bridgehead atoms. The minimum absolute atomic E-state index is 0.0703. The molecule has 2 aromatic carbocycles. The highest BCUT2D eigenvalue weighted by Crippen LogP contribution is 2.39. The number of aliphatic hydroxyl groups excluding tert-OH is 1. The number of carbonyl (C=O) groups is 2. The van der Waals surface area contributed by atoms with Gasteiger partial charge in [0.1, 0.15) is 23.4 Å². The highest BCUT2D eigenvalue weighted by atomic mass is 35.5. The van der Waals surface area contributed by atoms with Gasteiger partial charge in [-0.2, -0.15) is 0 Å². The molecule has 4 rings (SSSR count). The van der Waals surface area contributed by atoms with E-state index in [0.29, 0.717) is 17.9 Å². The van der Waals surface area contributed by atoms with Crippen molar-refractivity contribution >= 4 is 29.1 Å². The molecule has 0 radical (unpaired) electrons. The molecule has 1 unspecified atom stereocenters. The van der Waals surface area contributed by atoms with E-state index < -0.39 is 17.7 Å². The average molecular weight is 467 g/mol. The molecule has 0 spiro atoms. The lowest BCUT2D eigenvalue weighted by Crippen LogP contribution is -2.32. The van der Waals surface area contributed by atoms with Gasteiger partial charge in [-0.25, -0.2) is 4.39 Å². The second-order valence-electron chi connectivity index (χ2n) is 7.47. The molecule has 1 aliphatic heterocycles. The molecule has 1 N–H and O–H groups in total. The molecule has 168 valence electrons. The SMILES string of the molecule is COc1ccc(/C(O)=C2/C(=O)C(=O)N(CCc3ccc(F)cc3)C2c2ccccn2)cc1Cl. The molecule has 1 saturated heterocycles. The second-order valence-corrected chi connectivity index (χ2v) is 7.88. The summed E-state index contributed by atoms with van der Waals surface area (Å²) in [4.78, 5) is 31.7. The lowest BCUT2D eigenvalue weighted by molar-refractivity contribution is -0.139. The number of hydrogen-bond acceptors (Lipinski definition) is 5. The van der Waals surface area contributed by atoms with Crippen molar-refractivity contribution in [1.82, 2.24) is 9.88 Å². The first-order valence-electron chi connectivity index (χ1n) is 10.2. The minimum atomic E-state index is -0.882. The van der Waals surface area contributed by atoms with E-state index in [4.69, 9.17) is 16.3 Å². The van der Waals surface area contributed by atoms with Gasteiger partial charge in [0.15, 0.2) is 0 Å². The Morgan fingerprint density at radius 2 is 1.91 bits per heavy atom. The fraction of sp³-hybridized carbons (Fsp3) is 0.160. The average Bonchev–Trinajstić information content (AvgIpc) is 3.08. The maximum atomic E-state index is 13.2. The number of aromatic nitrogens is 1. The third kappa shape index (κ3) is 4.45. The van der Waals surface area contributed by atoms with Crippen molar-refractivity contribution in [2.45, 2.75) is 12.5 Å². The molecule has 1 aromatic heterocycles. The van der Waals surface area contributed by atoms with Gasteiger partial charge in [-0.1, -0.05) is 29.8 Å². The molecule has 3 aromatic rings. The summed E-state index contributed by atoms with van der Waals surface area (Å²) in [5, 5.41) is 11.3. The molecular weight excluding hydrogens is 447 g/mol. The molecule has 33 heavy (non-hydrogen) atoms. The molecule has 1 amide bonds. The Morgan fingerprint density at radius 1 is 1.15 bits per heavy atom. The van der Waals surface area contributed by atoms with Crippen LogP contribution in [0.25, 0.3) is 5.76 Å². The quantitative estimate of drug-likeness (QED) is 0.327. The third-order valence-electron chi connectivity index (χ3n) is 5.49. The normalized spacial score (nSPS) is 17.4. The Labute approximate surface area is 194 Å². The van der Waals surface area contributed by atoms with Crippen LogP contribution >= 0.6 is 11.6 Å². The van der Waals surface area contributed by atoms with E-state index in [9.17, 15) is 19.1 Å². The highest BCUT2D eigenvalue weighted by Gasteiger charge is 2.46. The van der Waals surface area contributed by atoms with Crippen LogP contribution < -0.4 is 4.74 Å². The minimum Gasteiger partial charge on any atom is -0.507 e. The van der Waals surface area contributed by atoms with E-state index >= 15 is 0 Å². The fourth-order valence-electron chi connectivity index (χ4n) is 3.83. The third-order valence-corrected chi connectivity index (χ3v) is 5.78. The van der Waals surface area contributed by atoms with Gasteiger partial charge in [0.2, 0.25) is 0 Å². The molecular formula is C25H20ClFN2O4. The summed E-state index contributed by atoms with van der Waals surface area (Å²) in [5.41, 5.74) is 1.45. The van der Waals surface area contributed by atoms with Gasteiger partial charge in [0.25, 0.3) is 11.7 Å². The monoisotopic (exact) mass is 466 g/mol. The number of methoxy groups -OCH3 is 1. The van der Waals surface area contributed by atoms with Crippen LogP contribution in [0.5, 0.6) is 5.75 Å². The highest BCUT2D eigenvalue weighted by molar-refractivity contribution is 6.46. The number of aliphatic hydroxyl groups is 1. The molecule has 0 aliphatic carbocycles. The summed E-state index contributed by atoms with van der Waals surface area (Å²) < 4.78 is 18.4. The van der Waals surface area contributed by atoms with Crippen molar-refractivity contribution in [3.05, 3.63) is 100 Å². The topological polar surface area (TPSA) is 79.7 Å². The van der Waals surface area contributed by atoms with Crippen molar-refractivity contribution in [2.75, 3.05) is 13.7 Å². The summed E-state index contributed by atoms with van der Waals surface area (Å²) in [6.45, 7) is 0.178. The zero-order chi connectivity index (χ0) is 23.5. The van der Waals surface area contributed by atoms with Crippen LogP contribution in [0.15, 0.2) is 72.4 Å². The number of rotatable bonds is 6. The number of ketones is 1. The number of halogens is 2. The van der Waals surface area contributed by atoms with E-state index in [1.807, 2.05) is 0 Å². The number of carbonyl (C=O) groups excluding carboxylic acids is 2. The Hall–Kier alpha value is -3.71. The van der Waals surface area contributed by atoms with E-state index in [2.05, 4.69) is 4.98 Å². The molecule has 1 atom stereocenters. The molecule has 8 heteroatoms. The van der Waals surface area contributed by atoms with E-state index in [1.165, 1.54) is 30.2 Å². The number of hydrogen-bond donors (Lipinski definition) is 1. The number of ether oxygens (including phenoxy) is 1. The predicted octanol–water partition coefficient (Wildman–Crippen LogP) is 4.55. The van der Waals surface area contributed by atoms with Crippen LogP contribution in [0.3, 0.4) is 0 Å². The Balaban J connectivity index is 1.76. The van der Waals surface area contributed by atoms with Gasteiger partial charge >= 0.3 is 0 Å². The lowest BCUT2D eigenvalue weighted by atomic mass is 9.98. The lowest BCUT2D eigenvalue weighted by Gasteiger charge is -2.24. The number of amides is 1. The largest absolute Gasteiger partial charge is 0.507 e. The summed E-state index contributed by atoms with van der Waals surface area (Å²) in [7, 11) is 1.47. The van der Waals surface area contributed by atoms with E-state index in [0.717, 1.165) is 5.56 Å². The number of Topliss-reactive ketones (excluding diaryl/α,β-unsaturated/α-hetero) is 1. The van der Waals surface area contributed by atoms with Crippen LogP contribution in [0.4, 0.5) is 4.39 Å². The van der Waals surface area contributed by atoms with Crippen molar-refractivity contribution in [2.24, 2.45) is 0 Å². The van der Waals surface area contributed by atoms with Gasteiger partial charge in [-0.3, -0.25) is 14.6 Å². The Bertz CT molecular complexity index is 1230. The number of pyridine rings is 1. The maximum Gasteiger partial charge on any atom is 0.295 e. The molecule has 0 saturated carbocycles. The smallest absolute Gasteiger partial charge is 0.295 e. The van der Waals surface area contributed by atoms with Crippen LogP contribution in [-0.4, -0.2) is 40.3 Å². The first-order chi connectivity index (χ1) is 15.9. The first kappa shape index (κ1) is 22.5. The molecule has 6 nitrogen and oxygen atoms in total. The molecule has 1 aliphatic rings. The summed E-state index contributed by atoms with van der Waals surface area (Å²) in [5.74, 6) is -1.85. The predicted molar refractivity (Wildman–Crippen MR) is 121 cm³/mol. The first-order valence-corrected chi connectivity index (χ1v) is 10.6. The van der Waals surface area contributed by atoms with Crippen LogP contribution in [0.2, 0.25) is 5.02 Å². The van der Waals surface area contributed by atoms with Gasteiger partial charge < -0.3 is 14.7 Å². The van der Waals surface area contributed by atoms with Gasteiger partial charge in [-0.05, 0) is 54.4 Å². The van der Waals surface area contributed by atoms with Gasteiger partial charge in [0, 0.05) is 18.3 Å². The Morgan fingerprint density at radius 3 is 2.55 bits per heavy atom. The van der Waals surface area contributed by atoms with E-state index in [-0.39, 0.29) is 34.3 Å². The zero-order valence-electron chi connectivity index (χ0n) is 17.7. The van der Waals surface area contributed by atoms with Gasteiger partial charge in [-0.15, -0.1) is 0 Å². The summed E-state index contributed by atoms with van der Waals surface area (Å²) in [6.07, 6.45) is 1.95. The van der Waals surface area contributed by atoms with Crippen LogP contribution in [0.1, 0.15) is 22.9 Å².